The van der Waals surface area contributed by atoms with Crippen LogP contribution in [0.5, 0.6) is 0 Å². The maximum absolute atomic E-state index is 12.8. The van der Waals surface area contributed by atoms with E-state index in [1.807, 2.05) is 61.5 Å². The Labute approximate surface area is 170 Å². The van der Waals surface area contributed by atoms with E-state index in [1.165, 1.54) is 0 Å². The van der Waals surface area contributed by atoms with Gasteiger partial charge in [0.2, 0.25) is 0 Å². The van der Waals surface area contributed by atoms with Crippen molar-refractivity contribution in [2.45, 2.75) is 32.7 Å². The molecule has 0 saturated carbocycles. The number of aromatic nitrogens is 2. The van der Waals surface area contributed by atoms with Crippen LogP contribution >= 0.6 is 0 Å². The molecule has 0 aliphatic rings. The minimum Gasteiger partial charge on any atom is -0.481 e. The molecule has 0 aliphatic carbocycles. The second kappa shape index (κ2) is 9.68. The van der Waals surface area contributed by atoms with E-state index in [-0.39, 0.29) is 12.3 Å². The summed E-state index contributed by atoms with van der Waals surface area (Å²) in [6, 6.07) is 17.9. The van der Waals surface area contributed by atoms with E-state index < -0.39 is 5.97 Å². The second-order valence-electron chi connectivity index (χ2n) is 7.05. The van der Waals surface area contributed by atoms with Gasteiger partial charge in [0.15, 0.2) is 0 Å². The molecule has 150 valence electrons. The molecule has 29 heavy (non-hydrogen) atoms. The maximum Gasteiger partial charge on any atom is 0.303 e. The maximum atomic E-state index is 12.8. The molecule has 0 atom stereocenters. The van der Waals surface area contributed by atoms with Crippen molar-refractivity contribution in [3.8, 4) is 11.3 Å². The van der Waals surface area contributed by atoms with Crippen LogP contribution in [0.2, 0.25) is 0 Å². The molecule has 3 aromatic rings. The number of benzene rings is 2. The third-order valence-electron chi connectivity index (χ3n) is 4.62. The van der Waals surface area contributed by atoms with E-state index in [0.717, 1.165) is 16.7 Å². The molecule has 0 aliphatic heterocycles. The monoisotopic (exact) mass is 391 g/mol. The lowest BCUT2D eigenvalue weighted by atomic mass is 10.1. The van der Waals surface area contributed by atoms with Gasteiger partial charge < -0.3 is 10.4 Å². The molecule has 0 bridgehead atoms. The summed E-state index contributed by atoms with van der Waals surface area (Å²) in [5.41, 5.74) is 4.29. The van der Waals surface area contributed by atoms with Crippen molar-refractivity contribution in [3.05, 3.63) is 77.5 Å². The van der Waals surface area contributed by atoms with Crippen LogP contribution in [-0.2, 0) is 11.3 Å². The summed E-state index contributed by atoms with van der Waals surface area (Å²) in [5.74, 6) is -1.02. The highest BCUT2D eigenvalue weighted by molar-refractivity contribution is 5.99. The molecule has 1 heterocycles. The van der Waals surface area contributed by atoms with Crippen LogP contribution in [0, 0.1) is 6.92 Å². The Hall–Kier alpha value is -3.41. The van der Waals surface area contributed by atoms with E-state index in [4.69, 9.17) is 5.11 Å². The molecule has 0 saturated heterocycles. The highest BCUT2D eigenvalue weighted by Gasteiger charge is 2.18. The lowest BCUT2D eigenvalue weighted by Gasteiger charge is -2.05. The normalized spacial score (nSPS) is 10.7. The van der Waals surface area contributed by atoms with Crippen molar-refractivity contribution in [2.24, 2.45) is 0 Å². The van der Waals surface area contributed by atoms with E-state index in [0.29, 0.717) is 37.2 Å². The number of carbonyl (C=O) groups is 2. The summed E-state index contributed by atoms with van der Waals surface area (Å²) in [7, 11) is 0. The summed E-state index contributed by atoms with van der Waals surface area (Å²) in [6.45, 7) is 3.03. The highest BCUT2D eigenvalue weighted by atomic mass is 16.4. The van der Waals surface area contributed by atoms with Crippen LogP contribution in [0.1, 0.15) is 40.7 Å². The zero-order valence-corrected chi connectivity index (χ0v) is 16.5. The molecule has 1 amide bonds. The number of rotatable bonds is 9. The fourth-order valence-corrected chi connectivity index (χ4v) is 3.06. The lowest BCUT2D eigenvalue weighted by Crippen LogP contribution is -2.24. The van der Waals surface area contributed by atoms with Crippen LogP contribution in [0.4, 0.5) is 0 Å². The molecule has 0 spiro atoms. The van der Waals surface area contributed by atoms with Gasteiger partial charge in [-0.15, -0.1) is 0 Å². The number of carboxylic acids is 1. The summed E-state index contributed by atoms with van der Waals surface area (Å²) in [6.07, 6.45) is 3.04. The molecule has 6 heteroatoms. The Morgan fingerprint density at radius 1 is 1.03 bits per heavy atom. The summed E-state index contributed by atoms with van der Waals surface area (Å²) in [5, 5.41) is 16.3. The third kappa shape index (κ3) is 5.78. The number of carboxylic acid groups (broad SMARTS) is 1. The summed E-state index contributed by atoms with van der Waals surface area (Å²) >= 11 is 0. The van der Waals surface area contributed by atoms with Crippen molar-refractivity contribution >= 4 is 11.9 Å². The molecule has 1 aromatic heterocycles. The van der Waals surface area contributed by atoms with Crippen molar-refractivity contribution < 1.29 is 14.7 Å². The van der Waals surface area contributed by atoms with Gasteiger partial charge in [-0.25, -0.2) is 0 Å². The number of nitrogens with zero attached hydrogens (tertiary/aromatic N) is 2. The number of carbonyl (C=O) groups excluding carboxylic acids is 1. The predicted molar refractivity (Wildman–Crippen MR) is 112 cm³/mol. The highest BCUT2D eigenvalue weighted by Crippen LogP contribution is 2.23. The van der Waals surface area contributed by atoms with Gasteiger partial charge in [0, 0.05) is 24.7 Å². The Bertz CT molecular complexity index is 963. The first-order valence-corrected chi connectivity index (χ1v) is 9.71. The molecule has 0 unspecified atom stereocenters. The first kappa shape index (κ1) is 20.3. The molecule has 2 aromatic carbocycles. The molecule has 2 N–H and O–H groups in total. The molecular formula is C23H25N3O3. The van der Waals surface area contributed by atoms with E-state index in [9.17, 15) is 9.59 Å². The van der Waals surface area contributed by atoms with Crippen LogP contribution in [-0.4, -0.2) is 33.3 Å². The standard InChI is InChI=1S/C23H25N3O3/c1-17-10-12-19(13-11-17)22-20(23(29)24-14-6-5-9-21(27)28)16-26(25-22)15-18-7-3-2-4-8-18/h2-4,7-8,10-13,16H,5-6,9,14-15H2,1H3,(H,24,29)(H,27,28). The molecule has 3 rings (SSSR count). The number of hydrogen-bond acceptors (Lipinski definition) is 3. The molecular weight excluding hydrogens is 366 g/mol. The Morgan fingerprint density at radius 2 is 1.76 bits per heavy atom. The predicted octanol–water partition coefficient (Wildman–Crippen LogP) is 3.89. The van der Waals surface area contributed by atoms with Crippen molar-refractivity contribution in [3.63, 3.8) is 0 Å². The van der Waals surface area contributed by atoms with E-state index >= 15 is 0 Å². The van der Waals surface area contributed by atoms with Crippen LogP contribution < -0.4 is 5.32 Å². The summed E-state index contributed by atoms with van der Waals surface area (Å²) in [4.78, 5) is 23.4. The van der Waals surface area contributed by atoms with Gasteiger partial charge in [-0.1, -0.05) is 60.2 Å². The van der Waals surface area contributed by atoms with Crippen LogP contribution in [0.3, 0.4) is 0 Å². The molecule has 0 radical (unpaired) electrons. The minimum atomic E-state index is -0.819. The second-order valence-corrected chi connectivity index (χ2v) is 7.05. The zero-order chi connectivity index (χ0) is 20.6. The van der Waals surface area contributed by atoms with Gasteiger partial charge >= 0.3 is 5.97 Å². The quantitative estimate of drug-likeness (QED) is 0.542. The summed E-state index contributed by atoms with van der Waals surface area (Å²) < 4.78 is 1.78. The zero-order valence-electron chi connectivity index (χ0n) is 16.5. The number of amides is 1. The fraction of sp³-hybridized carbons (Fsp3) is 0.261. The van der Waals surface area contributed by atoms with Gasteiger partial charge in [-0.2, -0.15) is 5.10 Å². The minimum absolute atomic E-state index is 0.111. The average molecular weight is 391 g/mol. The third-order valence-corrected chi connectivity index (χ3v) is 4.62. The first-order chi connectivity index (χ1) is 14.0. The average Bonchev–Trinajstić information content (AvgIpc) is 3.12. The van der Waals surface area contributed by atoms with Gasteiger partial charge in [0.05, 0.1) is 12.1 Å². The van der Waals surface area contributed by atoms with Gasteiger partial charge in [-0.05, 0) is 25.3 Å². The van der Waals surface area contributed by atoms with E-state index in [1.54, 1.807) is 10.9 Å². The van der Waals surface area contributed by atoms with Crippen molar-refractivity contribution in [1.82, 2.24) is 15.1 Å². The molecule has 6 nitrogen and oxygen atoms in total. The van der Waals surface area contributed by atoms with Crippen LogP contribution in [0.25, 0.3) is 11.3 Å². The SMILES string of the molecule is Cc1ccc(-c2nn(Cc3ccccc3)cc2C(=O)NCCCCC(=O)O)cc1. The fourth-order valence-electron chi connectivity index (χ4n) is 3.06. The largest absolute Gasteiger partial charge is 0.481 e. The van der Waals surface area contributed by atoms with Crippen molar-refractivity contribution in [1.29, 1.82) is 0 Å². The number of unbranched alkanes of at least 4 members (excludes halogenated alkanes) is 1. The number of aliphatic carboxylic acids is 1. The topological polar surface area (TPSA) is 84.2 Å². The number of aryl methyl sites for hydroxylation is 1. The van der Waals surface area contributed by atoms with Gasteiger partial charge in [-0.3, -0.25) is 14.3 Å². The van der Waals surface area contributed by atoms with Gasteiger partial charge in [0.1, 0.15) is 5.69 Å². The Morgan fingerprint density at radius 3 is 2.45 bits per heavy atom. The number of nitrogens with one attached hydrogen (secondary N) is 1. The Kier molecular flexibility index (Phi) is 6.79. The van der Waals surface area contributed by atoms with Crippen molar-refractivity contribution in [2.75, 3.05) is 6.54 Å². The lowest BCUT2D eigenvalue weighted by molar-refractivity contribution is -0.137. The molecule has 0 fully saturated rings. The Balaban J connectivity index is 1.78. The van der Waals surface area contributed by atoms with Gasteiger partial charge in [0.25, 0.3) is 5.91 Å². The number of hydrogen-bond donors (Lipinski definition) is 2. The van der Waals surface area contributed by atoms with Crippen LogP contribution in [0.15, 0.2) is 60.8 Å². The first-order valence-electron chi connectivity index (χ1n) is 9.71. The smallest absolute Gasteiger partial charge is 0.303 e. The van der Waals surface area contributed by atoms with E-state index in [2.05, 4.69) is 10.4 Å².